The number of halogens is 2. The highest BCUT2D eigenvalue weighted by molar-refractivity contribution is 6.35. The molecule has 0 aliphatic heterocycles. The summed E-state index contributed by atoms with van der Waals surface area (Å²) in [6.45, 7) is 0.556. The minimum atomic E-state index is 0.556. The number of methoxy groups -OCH3 is 2. The summed E-state index contributed by atoms with van der Waals surface area (Å²) in [6.07, 6.45) is 0. The summed E-state index contributed by atoms with van der Waals surface area (Å²) in [5.41, 5.74) is 1.76. The van der Waals surface area contributed by atoms with Crippen molar-refractivity contribution in [1.29, 1.82) is 0 Å². The number of benzene rings is 2. The Kier molecular flexibility index (Phi) is 4.99. The molecule has 0 bridgehead atoms. The van der Waals surface area contributed by atoms with Crippen LogP contribution in [0, 0.1) is 0 Å². The molecule has 3 nitrogen and oxygen atoms in total. The zero-order valence-electron chi connectivity index (χ0n) is 11.2. The number of hydrogen-bond donors (Lipinski definition) is 1. The van der Waals surface area contributed by atoms with Crippen LogP contribution in [0.5, 0.6) is 11.5 Å². The summed E-state index contributed by atoms with van der Waals surface area (Å²) in [5, 5.41) is 4.50. The van der Waals surface area contributed by atoms with E-state index in [1.54, 1.807) is 32.4 Å². The molecule has 0 saturated heterocycles. The molecule has 106 valence electrons. The largest absolute Gasteiger partial charge is 0.493 e. The molecule has 2 aromatic rings. The lowest BCUT2D eigenvalue weighted by Crippen LogP contribution is -2.03. The van der Waals surface area contributed by atoms with Gasteiger partial charge in [-0.05, 0) is 24.3 Å². The molecule has 0 heterocycles. The average Bonchev–Trinajstić information content (AvgIpc) is 2.47. The van der Waals surface area contributed by atoms with Crippen LogP contribution in [-0.2, 0) is 6.54 Å². The first-order chi connectivity index (χ1) is 9.65. The van der Waals surface area contributed by atoms with Gasteiger partial charge in [-0.2, -0.15) is 0 Å². The monoisotopic (exact) mass is 311 g/mol. The molecule has 0 aliphatic rings. The van der Waals surface area contributed by atoms with Crippen LogP contribution in [0.15, 0.2) is 36.4 Å². The van der Waals surface area contributed by atoms with Gasteiger partial charge in [0.2, 0.25) is 0 Å². The standard InChI is InChI=1S/C15H15Cl2NO2/c1-19-14-5-3-4-10(15(14)20-2)9-18-13-8-11(16)6-7-12(13)17/h3-8,18H,9H2,1-2H3. The van der Waals surface area contributed by atoms with Gasteiger partial charge in [-0.25, -0.2) is 0 Å². The second-order valence-corrected chi connectivity index (χ2v) is 4.97. The van der Waals surface area contributed by atoms with Crippen molar-refractivity contribution in [1.82, 2.24) is 0 Å². The fourth-order valence-electron chi connectivity index (χ4n) is 1.92. The maximum atomic E-state index is 6.12. The van der Waals surface area contributed by atoms with Crippen molar-refractivity contribution in [2.75, 3.05) is 19.5 Å². The van der Waals surface area contributed by atoms with E-state index in [-0.39, 0.29) is 0 Å². The van der Waals surface area contributed by atoms with Gasteiger partial charge in [-0.3, -0.25) is 0 Å². The fourth-order valence-corrected chi connectivity index (χ4v) is 2.27. The third kappa shape index (κ3) is 3.30. The molecule has 1 N–H and O–H groups in total. The number of hydrogen-bond acceptors (Lipinski definition) is 3. The van der Waals surface area contributed by atoms with Gasteiger partial charge in [0.1, 0.15) is 0 Å². The second kappa shape index (κ2) is 6.73. The molecule has 0 spiro atoms. The van der Waals surface area contributed by atoms with Crippen LogP contribution in [-0.4, -0.2) is 14.2 Å². The van der Waals surface area contributed by atoms with E-state index in [2.05, 4.69) is 5.32 Å². The van der Waals surface area contributed by atoms with Gasteiger partial charge in [-0.1, -0.05) is 35.3 Å². The number of para-hydroxylation sites is 1. The van der Waals surface area contributed by atoms with Gasteiger partial charge in [-0.15, -0.1) is 0 Å². The highest BCUT2D eigenvalue weighted by Crippen LogP contribution is 2.32. The Morgan fingerprint density at radius 3 is 2.55 bits per heavy atom. The molecule has 0 amide bonds. The maximum Gasteiger partial charge on any atom is 0.165 e. The minimum Gasteiger partial charge on any atom is -0.493 e. The van der Waals surface area contributed by atoms with Crippen LogP contribution in [0.25, 0.3) is 0 Å². The Morgan fingerprint density at radius 2 is 1.85 bits per heavy atom. The first kappa shape index (κ1) is 14.8. The Hall–Kier alpha value is -1.58. The Bertz CT molecular complexity index is 602. The van der Waals surface area contributed by atoms with Crippen LogP contribution in [0.2, 0.25) is 10.0 Å². The van der Waals surface area contributed by atoms with Crippen LogP contribution < -0.4 is 14.8 Å². The van der Waals surface area contributed by atoms with Gasteiger partial charge in [0.25, 0.3) is 0 Å². The lowest BCUT2D eigenvalue weighted by molar-refractivity contribution is 0.352. The first-order valence-electron chi connectivity index (χ1n) is 6.04. The van der Waals surface area contributed by atoms with E-state index in [1.165, 1.54) is 0 Å². The number of ether oxygens (including phenoxy) is 2. The average molecular weight is 312 g/mol. The van der Waals surface area contributed by atoms with Gasteiger partial charge in [0.15, 0.2) is 11.5 Å². The van der Waals surface area contributed by atoms with Crippen molar-refractivity contribution >= 4 is 28.9 Å². The Morgan fingerprint density at radius 1 is 1.05 bits per heavy atom. The molecular weight excluding hydrogens is 297 g/mol. The van der Waals surface area contributed by atoms with Crippen LogP contribution in [0.3, 0.4) is 0 Å². The molecule has 0 aromatic heterocycles. The molecule has 0 saturated carbocycles. The van der Waals surface area contributed by atoms with Crippen molar-refractivity contribution in [3.8, 4) is 11.5 Å². The fraction of sp³-hybridized carbons (Fsp3) is 0.200. The topological polar surface area (TPSA) is 30.5 Å². The maximum absolute atomic E-state index is 6.12. The van der Waals surface area contributed by atoms with Crippen molar-refractivity contribution in [2.45, 2.75) is 6.54 Å². The molecule has 0 unspecified atom stereocenters. The highest BCUT2D eigenvalue weighted by atomic mass is 35.5. The summed E-state index contributed by atoms with van der Waals surface area (Å²) in [6, 6.07) is 11.0. The predicted molar refractivity (Wildman–Crippen MR) is 83.3 cm³/mol. The van der Waals surface area contributed by atoms with Crippen molar-refractivity contribution in [3.05, 3.63) is 52.0 Å². The summed E-state index contributed by atoms with van der Waals surface area (Å²) >= 11 is 12.1. The van der Waals surface area contributed by atoms with E-state index < -0.39 is 0 Å². The van der Waals surface area contributed by atoms with Crippen molar-refractivity contribution in [2.24, 2.45) is 0 Å². The molecule has 2 rings (SSSR count). The van der Waals surface area contributed by atoms with E-state index in [0.29, 0.717) is 28.1 Å². The normalized spacial score (nSPS) is 10.2. The molecular formula is C15H15Cl2NO2. The van der Waals surface area contributed by atoms with Gasteiger partial charge in [0, 0.05) is 17.1 Å². The van der Waals surface area contributed by atoms with Crippen molar-refractivity contribution < 1.29 is 9.47 Å². The minimum absolute atomic E-state index is 0.556. The molecule has 2 aromatic carbocycles. The highest BCUT2D eigenvalue weighted by Gasteiger charge is 2.09. The first-order valence-corrected chi connectivity index (χ1v) is 6.80. The zero-order valence-corrected chi connectivity index (χ0v) is 12.8. The lowest BCUT2D eigenvalue weighted by Gasteiger charge is -2.14. The van der Waals surface area contributed by atoms with Crippen LogP contribution in [0.4, 0.5) is 5.69 Å². The van der Waals surface area contributed by atoms with E-state index in [4.69, 9.17) is 32.7 Å². The molecule has 0 atom stereocenters. The predicted octanol–water partition coefficient (Wildman–Crippen LogP) is 4.62. The van der Waals surface area contributed by atoms with Gasteiger partial charge in [0.05, 0.1) is 24.9 Å². The zero-order chi connectivity index (χ0) is 14.5. The van der Waals surface area contributed by atoms with Crippen LogP contribution in [0.1, 0.15) is 5.56 Å². The quantitative estimate of drug-likeness (QED) is 0.873. The smallest absolute Gasteiger partial charge is 0.165 e. The Labute approximate surface area is 128 Å². The SMILES string of the molecule is COc1cccc(CNc2cc(Cl)ccc2Cl)c1OC. The Balaban J connectivity index is 2.20. The molecule has 0 aliphatic carbocycles. The summed E-state index contributed by atoms with van der Waals surface area (Å²) in [4.78, 5) is 0. The lowest BCUT2D eigenvalue weighted by atomic mass is 10.1. The number of nitrogens with one attached hydrogen (secondary N) is 1. The van der Waals surface area contributed by atoms with Crippen molar-refractivity contribution in [3.63, 3.8) is 0 Å². The second-order valence-electron chi connectivity index (χ2n) is 4.13. The van der Waals surface area contributed by atoms with Gasteiger partial charge >= 0.3 is 0 Å². The van der Waals surface area contributed by atoms with Crippen LogP contribution >= 0.6 is 23.2 Å². The molecule has 0 fully saturated rings. The van der Waals surface area contributed by atoms with E-state index in [1.807, 2.05) is 18.2 Å². The molecule has 5 heteroatoms. The number of anilines is 1. The van der Waals surface area contributed by atoms with E-state index >= 15 is 0 Å². The third-order valence-corrected chi connectivity index (χ3v) is 3.45. The summed E-state index contributed by atoms with van der Waals surface area (Å²) in [7, 11) is 3.23. The van der Waals surface area contributed by atoms with Gasteiger partial charge < -0.3 is 14.8 Å². The summed E-state index contributed by atoms with van der Waals surface area (Å²) in [5.74, 6) is 1.41. The summed E-state index contributed by atoms with van der Waals surface area (Å²) < 4.78 is 10.7. The third-order valence-electron chi connectivity index (χ3n) is 2.88. The van der Waals surface area contributed by atoms with E-state index in [9.17, 15) is 0 Å². The molecule has 20 heavy (non-hydrogen) atoms. The number of rotatable bonds is 5. The van der Waals surface area contributed by atoms with E-state index in [0.717, 1.165) is 11.3 Å². The molecule has 0 radical (unpaired) electrons.